The summed E-state index contributed by atoms with van der Waals surface area (Å²) in [5.74, 6) is 2.57. The second-order valence-electron chi connectivity index (χ2n) is 8.79. The van der Waals surface area contributed by atoms with Crippen molar-refractivity contribution in [2.75, 3.05) is 65.6 Å². The van der Waals surface area contributed by atoms with E-state index in [4.69, 9.17) is 14.1 Å². The highest BCUT2D eigenvalue weighted by Gasteiger charge is 2.24. The summed E-state index contributed by atoms with van der Waals surface area (Å²) < 4.78 is 11.2. The van der Waals surface area contributed by atoms with Crippen LogP contribution in [0.4, 0.5) is 0 Å². The molecule has 0 bridgehead atoms. The molecule has 0 radical (unpaired) electrons. The third-order valence-corrected chi connectivity index (χ3v) is 5.39. The molecule has 9 nitrogen and oxygen atoms in total. The van der Waals surface area contributed by atoms with E-state index in [0.29, 0.717) is 45.3 Å². The number of hydrogen-bond acceptors (Lipinski definition) is 6. The van der Waals surface area contributed by atoms with Gasteiger partial charge in [0.05, 0.1) is 26.0 Å². The highest BCUT2D eigenvalue weighted by molar-refractivity contribution is 14.0. The molecule has 2 saturated heterocycles. The normalized spacial score (nSPS) is 18.6. The predicted molar refractivity (Wildman–Crippen MR) is 131 cm³/mol. The standard InChI is InChI=1S/C21H36N6O3.HI/c1-5-22-20(24-15-18-23-14-17(30-18)21(2,3)4)27-8-6-25(7-9-27)16-19(28)26-10-12-29-13-11-26;/h14H,5-13,15-16H2,1-4H3,(H,22,24);1H. The Labute approximate surface area is 202 Å². The summed E-state index contributed by atoms with van der Waals surface area (Å²) in [5.41, 5.74) is -0.0611. The fourth-order valence-electron chi connectivity index (χ4n) is 3.52. The van der Waals surface area contributed by atoms with Crippen LogP contribution in [0.2, 0.25) is 0 Å². The summed E-state index contributed by atoms with van der Waals surface area (Å²) in [6.45, 7) is 16.1. The molecule has 2 fully saturated rings. The lowest BCUT2D eigenvalue weighted by molar-refractivity contribution is -0.136. The van der Waals surface area contributed by atoms with Crippen LogP contribution in [0.3, 0.4) is 0 Å². The van der Waals surface area contributed by atoms with Crippen LogP contribution in [-0.2, 0) is 21.5 Å². The molecule has 3 heterocycles. The monoisotopic (exact) mass is 548 g/mol. The minimum absolute atomic E-state index is 0. The van der Waals surface area contributed by atoms with Gasteiger partial charge in [-0.15, -0.1) is 24.0 Å². The van der Waals surface area contributed by atoms with Crippen molar-refractivity contribution >= 4 is 35.8 Å². The van der Waals surface area contributed by atoms with E-state index in [1.807, 2.05) is 4.90 Å². The Kier molecular flexibility index (Phi) is 10.0. The van der Waals surface area contributed by atoms with E-state index < -0.39 is 0 Å². The van der Waals surface area contributed by atoms with Crippen LogP contribution in [0, 0.1) is 0 Å². The van der Waals surface area contributed by atoms with E-state index in [0.717, 1.165) is 44.4 Å². The summed E-state index contributed by atoms with van der Waals surface area (Å²) in [5, 5.41) is 3.37. The van der Waals surface area contributed by atoms with Gasteiger partial charge in [0.1, 0.15) is 12.3 Å². The first-order valence-electron chi connectivity index (χ1n) is 10.9. The molecule has 2 aliphatic heterocycles. The van der Waals surface area contributed by atoms with E-state index in [9.17, 15) is 4.79 Å². The zero-order valence-electron chi connectivity index (χ0n) is 19.2. The number of carbonyl (C=O) groups is 1. The van der Waals surface area contributed by atoms with Crippen molar-refractivity contribution in [3.05, 3.63) is 17.8 Å². The Bertz CT molecular complexity index is 719. The molecule has 1 N–H and O–H groups in total. The lowest BCUT2D eigenvalue weighted by Gasteiger charge is -2.37. The number of nitrogens with one attached hydrogen (secondary N) is 1. The van der Waals surface area contributed by atoms with Crippen LogP contribution in [0.15, 0.2) is 15.6 Å². The molecule has 1 aromatic rings. The van der Waals surface area contributed by atoms with Gasteiger partial charge in [0, 0.05) is 51.2 Å². The fraction of sp³-hybridized carbons (Fsp3) is 0.762. The van der Waals surface area contributed by atoms with Gasteiger partial charge in [0.25, 0.3) is 0 Å². The molecule has 0 unspecified atom stereocenters. The number of piperazine rings is 1. The third-order valence-electron chi connectivity index (χ3n) is 5.39. The van der Waals surface area contributed by atoms with Crippen LogP contribution >= 0.6 is 24.0 Å². The topological polar surface area (TPSA) is 86.4 Å². The molecule has 0 spiro atoms. The number of carbonyl (C=O) groups excluding carboxylic acids is 1. The maximum atomic E-state index is 12.5. The number of oxazole rings is 1. The predicted octanol–water partition coefficient (Wildman–Crippen LogP) is 1.53. The number of rotatable bonds is 5. The second-order valence-corrected chi connectivity index (χ2v) is 8.79. The summed E-state index contributed by atoms with van der Waals surface area (Å²) in [4.78, 5) is 28.0. The number of amides is 1. The van der Waals surface area contributed by atoms with Crippen molar-refractivity contribution in [2.45, 2.75) is 39.7 Å². The molecular weight excluding hydrogens is 511 g/mol. The first kappa shape index (κ1) is 25.9. The highest BCUT2D eigenvalue weighted by Crippen LogP contribution is 2.22. The number of guanidine groups is 1. The average Bonchev–Trinajstić information content (AvgIpc) is 3.22. The number of aromatic nitrogens is 1. The number of morpholine rings is 1. The molecule has 3 rings (SSSR count). The van der Waals surface area contributed by atoms with Gasteiger partial charge >= 0.3 is 0 Å². The number of aliphatic imine (C=N–C) groups is 1. The number of hydrogen-bond donors (Lipinski definition) is 1. The van der Waals surface area contributed by atoms with Gasteiger partial charge in [-0.05, 0) is 6.92 Å². The van der Waals surface area contributed by atoms with Crippen LogP contribution in [0.25, 0.3) is 0 Å². The van der Waals surface area contributed by atoms with Crippen molar-refractivity contribution in [2.24, 2.45) is 4.99 Å². The zero-order valence-corrected chi connectivity index (χ0v) is 21.6. The van der Waals surface area contributed by atoms with E-state index in [1.54, 1.807) is 6.20 Å². The maximum absolute atomic E-state index is 12.5. The molecular formula is C21H37IN6O3. The van der Waals surface area contributed by atoms with Crippen molar-refractivity contribution < 1.29 is 13.9 Å². The van der Waals surface area contributed by atoms with E-state index in [-0.39, 0.29) is 35.3 Å². The largest absolute Gasteiger partial charge is 0.443 e. The Morgan fingerprint density at radius 1 is 1.13 bits per heavy atom. The first-order valence-corrected chi connectivity index (χ1v) is 10.9. The zero-order chi connectivity index (χ0) is 21.6. The van der Waals surface area contributed by atoms with Crippen LogP contribution < -0.4 is 5.32 Å². The third kappa shape index (κ3) is 7.60. The van der Waals surface area contributed by atoms with Crippen molar-refractivity contribution in [1.82, 2.24) is 25.0 Å². The minimum atomic E-state index is -0.0611. The number of ether oxygens (including phenoxy) is 1. The Morgan fingerprint density at radius 2 is 1.81 bits per heavy atom. The molecule has 0 aromatic carbocycles. The van der Waals surface area contributed by atoms with Gasteiger partial charge in [-0.25, -0.2) is 9.98 Å². The van der Waals surface area contributed by atoms with Crippen LogP contribution in [-0.4, -0.2) is 97.1 Å². The molecule has 0 aliphatic carbocycles. The molecule has 10 heteroatoms. The van der Waals surface area contributed by atoms with E-state index in [2.05, 4.69) is 47.8 Å². The molecule has 176 valence electrons. The van der Waals surface area contributed by atoms with Gasteiger partial charge in [0.2, 0.25) is 11.8 Å². The maximum Gasteiger partial charge on any atom is 0.236 e. The van der Waals surface area contributed by atoms with Crippen LogP contribution in [0.5, 0.6) is 0 Å². The lowest BCUT2D eigenvalue weighted by atomic mass is 9.94. The Morgan fingerprint density at radius 3 is 2.39 bits per heavy atom. The number of nitrogens with zero attached hydrogens (tertiary/aromatic N) is 5. The van der Waals surface area contributed by atoms with Gasteiger partial charge in [-0.2, -0.15) is 0 Å². The molecule has 0 saturated carbocycles. The molecule has 1 amide bonds. The quantitative estimate of drug-likeness (QED) is 0.340. The van der Waals surface area contributed by atoms with Crippen molar-refractivity contribution in [1.29, 1.82) is 0 Å². The van der Waals surface area contributed by atoms with Crippen molar-refractivity contribution in [3.63, 3.8) is 0 Å². The van der Waals surface area contributed by atoms with Crippen LogP contribution in [0.1, 0.15) is 39.3 Å². The number of halogens is 1. The lowest BCUT2D eigenvalue weighted by Crippen LogP contribution is -2.54. The van der Waals surface area contributed by atoms with Gasteiger partial charge in [-0.3, -0.25) is 9.69 Å². The minimum Gasteiger partial charge on any atom is -0.443 e. The second kappa shape index (κ2) is 12.0. The average molecular weight is 548 g/mol. The Balaban J connectivity index is 0.00000341. The highest BCUT2D eigenvalue weighted by atomic mass is 127. The smallest absolute Gasteiger partial charge is 0.236 e. The van der Waals surface area contributed by atoms with Gasteiger partial charge in [0.15, 0.2) is 5.96 Å². The van der Waals surface area contributed by atoms with Crippen molar-refractivity contribution in [3.8, 4) is 0 Å². The fourth-order valence-corrected chi connectivity index (χ4v) is 3.52. The van der Waals surface area contributed by atoms with Gasteiger partial charge in [-0.1, -0.05) is 20.8 Å². The van der Waals surface area contributed by atoms with Gasteiger partial charge < -0.3 is 24.3 Å². The molecule has 2 aliphatic rings. The Hall–Kier alpha value is -1.40. The summed E-state index contributed by atoms with van der Waals surface area (Å²) >= 11 is 0. The van der Waals surface area contributed by atoms with E-state index >= 15 is 0 Å². The molecule has 1 aromatic heterocycles. The SMILES string of the molecule is CCNC(=NCc1ncc(C(C)(C)C)o1)N1CCN(CC(=O)N2CCOCC2)CC1.I. The summed E-state index contributed by atoms with van der Waals surface area (Å²) in [6.07, 6.45) is 1.79. The first-order chi connectivity index (χ1) is 14.4. The molecule has 0 atom stereocenters. The summed E-state index contributed by atoms with van der Waals surface area (Å²) in [7, 11) is 0. The summed E-state index contributed by atoms with van der Waals surface area (Å²) in [6, 6.07) is 0. The van der Waals surface area contributed by atoms with E-state index in [1.165, 1.54) is 0 Å². The molecule has 31 heavy (non-hydrogen) atoms.